The summed E-state index contributed by atoms with van der Waals surface area (Å²) in [5.41, 5.74) is 9.49. The summed E-state index contributed by atoms with van der Waals surface area (Å²) in [6.07, 6.45) is 0. The van der Waals surface area contributed by atoms with Crippen molar-refractivity contribution >= 4 is 85.9 Å². The van der Waals surface area contributed by atoms with E-state index >= 15 is 0 Å². The van der Waals surface area contributed by atoms with Crippen molar-refractivity contribution in [3.63, 3.8) is 0 Å². The quantitative estimate of drug-likeness (QED) is 0.182. The predicted octanol–water partition coefficient (Wildman–Crippen LogP) is 13.5. The van der Waals surface area contributed by atoms with Gasteiger partial charge < -0.3 is 4.57 Å². The van der Waals surface area contributed by atoms with E-state index in [1.54, 1.807) is 0 Å². The number of benzene rings is 8. The molecule has 0 aliphatic carbocycles. The molecule has 0 saturated heterocycles. The van der Waals surface area contributed by atoms with Crippen LogP contribution in [0.2, 0.25) is 0 Å². The fraction of sp³-hybridized carbons (Fsp3) is 0. The van der Waals surface area contributed by atoms with E-state index in [0.717, 1.165) is 50.1 Å². The van der Waals surface area contributed by atoms with Crippen LogP contribution in [0.5, 0.6) is 0 Å². The maximum Gasteiger partial charge on any atom is 0.235 e. The van der Waals surface area contributed by atoms with E-state index in [1.807, 2.05) is 11.3 Å². The van der Waals surface area contributed by atoms with Crippen molar-refractivity contribution in [1.82, 2.24) is 19.1 Å². The highest BCUT2D eigenvalue weighted by atomic mass is 32.1. The zero-order valence-corrected chi connectivity index (χ0v) is 30.3. The number of nitrogens with zero attached hydrogens (tertiary/aromatic N) is 4. The average molecular weight is 719 g/mol. The van der Waals surface area contributed by atoms with Crippen LogP contribution in [-0.4, -0.2) is 19.1 Å². The third kappa shape index (κ3) is 4.57. The van der Waals surface area contributed by atoms with Crippen molar-refractivity contribution in [2.24, 2.45) is 0 Å². The molecule has 12 aromatic rings. The van der Waals surface area contributed by atoms with E-state index in [4.69, 9.17) is 9.97 Å². The number of para-hydroxylation sites is 3. The molecule has 0 fully saturated rings. The minimum atomic E-state index is 0.647. The molecule has 0 aliphatic heterocycles. The Labute approximate surface area is 319 Å². The highest BCUT2D eigenvalue weighted by Crippen LogP contribution is 2.40. The Morgan fingerprint density at radius 1 is 0.364 bits per heavy atom. The van der Waals surface area contributed by atoms with Crippen LogP contribution in [-0.2, 0) is 0 Å². The van der Waals surface area contributed by atoms with Crippen LogP contribution in [0.4, 0.5) is 0 Å². The molecule has 0 bridgehead atoms. The molecule has 0 spiro atoms. The summed E-state index contributed by atoms with van der Waals surface area (Å²) in [4.78, 5) is 10.8. The summed E-state index contributed by atoms with van der Waals surface area (Å²) >= 11 is 1.85. The van der Waals surface area contributed by atoms with Crippen LogP contribution in [0.15, 0.2) is 182 Å². The molecule has 0 atom stereocenters. The number of aromatic nitrogens is 4. The second-order valence-electron chi connectivity index (χ2n) is 14.2. The molecule has 0 N–H and O–H groups in total. The lowest BCUT2D eigenvalue weighted by Gasteiger charge is -2.13. The first kappa shape index (κ1) is 30.4. The predicted molar refractivity (Wildman–Crippen MR) is 232 cm³/mol. The van der Waals surface area contributed by atoms with Crippen molar-refractivity contribution in [2.45, 2.75) is 0 Å². The Balaban J connectivity index is 1.14. The Hall–Kier alpha value is -7.08. The van der Waals surface area contributed by atoms with Crippen molar-refractivity contribution in [1.29, 1.82) is 0 Å². The van der Waals surface area contributed by atoms with Crippen LogP contribution < -0.4 is 0 Å². The number of hydrogen-bond donors (Lipinski definition) is 0. The molecule has 4 aromatic heterocycles. The van der Waals surface area contributed by atoms with Crippen molar-refractivity contribution < 1.29 is 0 Å². The summed E-state index contributed by atoms with van der Waals surface area (Å²) in [7, 11) is 0. The molecule has 8 aromatic carbocycles. The summed E-state index contributed by atoms with van der Waals surface area (Å²) < 4.78 is 7.24. The molecular weight excluding hydrogens is 689 g/mol. The van der Waals surface area contributed by atoms with Crippen LogP contribution in [0.25, 0.3) is 109 Å². The van der Waals surface area contributed by atoms with Crippen molar-refractivity contribution in [2.75, 3.05) is 0 Å². The van der Waals surface area contributed by atoms with Gasteiger partial charge >= 0.3 is 0 Å². The molecule has 0 unspecified atom stereocenters. The van der Waals surface area contributed by atoms with Crippen LogP contribution >= 0.6 is 11.3 Å². The normalized spacial score (nSPS) is 12.0. The van der Waals surface area contributed by atoms with Crippen molar-refractivity contribution in [3.05, 3.63) is 182 Å². The molecule has 5 heteroatoms. The summed E-state index contributed by atoms with van der Waals surface area (Å²) in [5, 5.41) is 9.72. The highest BCUT2D eigenvalue weighted by molar-refractivity contribution is 7.25. The lowest BCUT2D eigenvalue weighted by molar-refractivity contribution is 0.996. The monoisotopic (exact) mass is 718 g/mol. The summed E-state index contributed by atoms with van der Waals surface area (Å²) in [6.45, 7) is 0. The van der Waals surface area contributed by atoms with E-state index in [1.165, 1.54) is 52.6 Å². The van der Waals surface area contributed by atoms with Crippen LogP contribution in [0.1, 0.15) is 0 Å². The van der Waals surface area contributed by atoms with Gasteiger partial charge in [0.2, 0.25) is 5.95 Å². The third-order valence-electron chi connectivity index (χ3n) is 11.1. The van der Waals surface area contributed by atoms with Gasteiger partial charge in [-0.3, -0.25) is 4.57 Å². The number of hydrogen-bond acceptors (Lipinski definition) is 3. The Morgan fingerprint density at radius 2 is 0.945 bits per heavy atom. The first-order chi connectivity index (χ1) is 27.3. The first-order valence-electron chi connectivity index (χ1n) is 18.6. The average Bonchev–Trinajstić information content (AvgIpc) is 3.90. The molecule has 4 nitrogen and oxygen atoms in total. The van der Waals surface area contributed by atoms with E-state index in [9.17, 15) is 0 Å². The molecule has 256 valence electrons. The number of rotatable bonds is 4. The molecule has 12 rings (SSSR count). The van der Waals surface area contributed by atoms with Gasteiger partial charge in [0.25, 0.3) is 0 Å². The Kier molecular flexibility index (Phi) is 6.47. The smallest absolute Gasteiger partial charge is 0.235 e. The topological polar surface area (TPSA) is 35.6 Å². The highest BCUT2D eigenvalue weighted by Gasteiger charge is 2.19. The van der Waals surface area contributed by atoms with Crippen LogP contribution in [0, 0.1) is 0 Å². The summed E-state index contributed by atoms with van der Waals surface area (Å²) in [6, 6.07) is 65.4. The SMILES string of the molecule is c1ccc2c(-c3cc(-c4ccc5c6ccccc6n(-c6ccc7sc8ccccc8c7c6)c5c4)nc(-n4c5ccccc5c5ccccc54)n3)cccc2c1. The molecular formula is C50H30N4S. The molecule has 4 heterocycles. The van der Waals surface area contributed by atoms with Gasteiger partial charge in [-0.15, -0.1) is 11.3 Å². The van der Waals surface area contributed by atoms with E-state index in [2.05, 4.69) is 191 Å². The van der Waals surface area contributed by atoms with E-state index in [-0.39, 0.29) is 0 Å². The van der Waals surface area contributed by atoms with E-state index < -0.39 is 0 Å². The maximum atomic E-state index is 5.43. The van der Waals surface area contributed by atoms with E-state index in [0.29, 0.717) is 5.95 Å². The second-order valence-corrected chi connectivity index (χ2v) is 15.3. The maximum absolute atomic E-state index is 5.43. The first-order valence-corrected chi connectivity index (χ1v) is 19.4. The van der Waals surface area contributed by atoms with Gasteiger partial charge in [0.15, 0.2) is 0 Å². The second kappa shape index (κ2) is 11.7. The zero-order chi connectivity index (χ0) is 36.0. The molecule has 0 saturated carbocycles. The minimum Gasteiger partial charge on any atom is -0.309 e. The lowest BCUT2D eigenvalue weighted by atomic mass is 10.0. The molecule has 0 radical (unpaired) electrons. The number of thiophene rings is 1. The molecule has 0 amide bonds. The fourth-order valence-corrected chi connectivity index (χ4v) is 9.75. The van der Waals surface area contributed by atoms with Gasteiger partial charge in [-0.25, -0.2) is 9.97 Å². The van der Waals surface area contributed by atoms with Crippen molar-refractivity contribution in [3.8, 4) is 34.2 Å². The molecule has 0 aliphatic rings. The lowest BCUT2D eigenvalue weighted by Crippen LogP contribution is -2.04. The summed E-state index contributed by atoms with van der Waals surface area (Å²) in [5.74, 6) is 0.647. The van der Waals surface area contributed by atoms with Gasteiger partial charge in [0.1, 0.15) is 0 Å². The fourth-order valence-electron chi connectivity index (χ4n) is 8.67. The van der Waals surface area contributed by atoms with Gasteiger partial charge in [0.05, 0.1) is 33.5 Å². The van der Waals surface area contributed by atoms with Gasteiger partial charge in [-0.1, -0.05) is 127 Å². The Morgan fingerprint density at radius 3 is 1.71 bits per heavy atom. The Bertz CT molecular complexity index is 3450. The number of fused-ring (bicyclic) bond motifs is 10. The van der Waals surface area contributed by atoms with Gasteiger partial charge in [0, 0.05) is 58.5 Å². The molecule has 55 heavy (non-hydrogen) atoms. The zero-order valence-electron chi connectivity index (χ0n) is 29.5. The van der Waals surface area contributed by atoms with Gasteiger partial charge in [-0.2, -0.15) is 0 Å². The standard InChI is InChI=1S/C50H30N4S/c1-2-14-34-31(12-1)13-11-19-35(34)43-30-42(51-50(52-43)54-45-21-8-4-15-36(45)37-16-5-9-22-46(37)54)32-24-26-39-38-17-3-7-20-44(38)53(47(39)28-32)33-25-27-49-41(29-33)40-18-6-10-23-48(40)55-49/h1-30H. The minimum absolute atomic E-state index is 0.647. The van der Waals surface area contributed by atoms with Crippen LogP contribution in [0.3, 0.4) is 0 Å². The van der Waals surface area contributed by atoms with Gasteiger partial charge in [-0.05, 0) is 65.4 Å². The third-order valence-corrected chi connectivity index (χ3v) is 12.3. The largest absolute Gasteiger partial charge is 0.309 e.